The Kier molecular flexibility index (Phi) is 8.44. The van der Waals surface area contributed by atoms with E-state index in [2.05, 4.69) is 10.6 Å². The molecule has 2 N–H and O–H groups in total. The first-order valence-corrected chi connectivity index (χ1v) is 9.87. The SMILES string of the molecule is CCOC(=O)c1c(NC(=O)Nc2ccc(Cl)cc2)sc(C(=O)OCCOC)c1C. The molecule has 1 aromatic carbocycles. The van der Waals surface area contributed by atoms with Crippen LogP contribution in [0.3, 0.4) is 0 Å². The zero-order chi connectivity index (χ0) is 21.4. The number of anilines is 2. The van der Waals surface area contributed by atoms with Crippen LogP contribution in [-0.4, -0.2) is 44.9 Å². The number of hydrogen-bond acceptors (Lipinski definition) is 7. The molecule has 0 aliphatic rings. The zero-order valence-electron chi connectivity index (χ0n) is 16.2. The van der Waals surface area contributed by atoms with Crippen molar-refractivity contribution in [3.05, 3.63) is 45.3 Å². The Morgan fingerprint density at radius 1 is 1.03 bits per heavy atom. The van der Waals surface area contributed by atoms with Gasteiger partial charge >= 0.3 is 18.0 Å². The van der Waals surface area contributed by atoms with Crippen molar-refractivity contribution in [3.63, 3.8) is 0 Å². The number of halogens is 1. The number of benzene rings is 1. The highest BCUT2D eigenvalue weighted by Crippen LogP contribution is 2.34. The van der Waals surface area contributed by atoms with E-state index in [1.165, 1.54) is 7.11 Å². The molecule has 1 heterocycles. The van der Waals surface area contributed by atoms with E-state index in [4.69, 9.17) is 25.8 Å². The minimum absolute atomic E-state index is 0.0707. The Hall–Kier alpha value is -2.62. The van der Waals surface area contributed by atoms with Crippen molar-refractivity contribution < 1.29 is 28.6 Å². The lowest BCUT2D eigenvalue weighted by Gasteiger charge is -2.08. The molecule has 8 nitrogen and oxygen atoms in total. The largest absolute Gasteiger partial charge is 0.462 e. The van der Waals surface area contributed by atoms with Crippen LogP contribution in [0.25, 0.3) is 0 Å². The summed E-state index contributed by atoms with van der Waals surface area (Å²) in [7, 11) is 1.49. The normalized spacial score (nSPS) is 10.3. The second kappa shape index (κ2) is 10.8. The number of ether oxygens (including phenoxy) is 3. The maximum absolute atomic E-state index is 12.4. The average molecular weight is 441 g/mol. The number of carbonyl (C=O) groups excluding carboxylic acids is 3. The highest BCUT2D eigenvalue weighted by Gasteiger charge is 2.27. The first-order chi connectivity index (χ1) is 13.9. The quantitative estimate of drug-likeness (QED) is 0.467. The highest BCUT2D eigenvalue weighted by molar-refractivity contribution is 7.18. The molecule has 0 radical (unpaired) electrons. The first-order valence-electron chi connectivity index (χ1n) is 8.67. The monoisotopic (exact) mass is 440 g/mol. The van der Waals surface area contributed by atoms with Gasteiger partial charge in [0.25, 0.3) is 0 Å². The molecular weight excluding hydrogens is 420 g/mol. The third-order valence-corrected chi connectivity index (χ3v) is 5.10. The summed E-state index contributed by atoms with van der Waals surface area (Å²) < 4.78 is 15.0. The van der Waals surface area contributed by atoms with Crippen LogP contribution >= 0.6 is 22.9 Å². The Balaban J connectivity index is 2.24. The van der Waals surface area contributed by atoms with Gasteiger partial charge in [-0.15, -0.1) is 11.3 Å². The van der Waals surface area contributed by atoms with E-state index in [0.717, 1.165) is 11.3 Å². The molecule has 1 aromatic heterocycles. The van der Waals surface area contributed by atoms with Crippen molar-refractivity contribution in [1.82, 2.24) is 0 Å². The molecule has 156 valence electrons. The van der Waals surface area contributed by atoms with Gasteiger partial charge in [0.2, 0.25) is 0 Å². The predicted octanol–water partition coefficient (Wildman–Crippen LogP) is 4.33. The predicted molar refractivity (Wildman–Crippen MR) is 111 cm³/mol. The maximum Gasteiger partial charge on any atom is 0.348 e. The number of urea groups is 1. The van der Waals surface area contributed by atoms with Gasteiger partial charge in [-0.2, -0.15) is 0 Å². The summed E-state index contributed by atoms with van der Waals surface area (Å²) in [5.74, 6) is -1.25. The molecule has 0 fully saturated rings. The molecule has 0 unspecified atom stereocenters. The van der Waals surface area contributed by atoms with E-state index in [1.54, 1.807) is 38.1 Å². The fourth-order valence-electron chi connectivity index (χ4n) is 2.33. The van der Waals surface area contributed by atoms with Crippen molar-refractivity contribution in [3.8, 4) is 0 Å². The van der Waals surface area contributed by atoms with Gasteiger partial charge in [0.15, 0.2) is 0 Å². The van der Waals surface area contributed by atoms with Gasteiger partial charge in [0.05, 0.1) is 18.8 Å². The van der Waals surface area contributed by atoms with E-state index in [1.807, 2.05) is 0 Å². The maximum atomic E-state index is 12.4. The van der Waals surface area contributed by atoms with Crippen LogP contribution in [0.1, 0.15) is 32.5 Å². The summed E-state index contributed by atoms with van der Waals surface area (Å²) in [4.78, 5) is 37.3. The molecule has 2 rings (SSSR count). The first kappa shape index (κ1) is 22.7. The molecule has 0 aliphatic heterocycles. The summed E-state index contributed by atoms with van der Waals surface area (Å²) >= 11 is 6.77. The highest BCUT2D eigenvalue weighted by atomic mass is 35.5. The van der Waals surface area contributed by atoms with Gasteiger partial charge in [-0.1, -0.05) is 11.6 Å². The number of thiophene rings is 1. The summed E-state index contributed by atoms with van der Waals surface area (Å²) in [5.41, 5.74) is 0.997. The van der Waals surface area contributed by atoms with Gasteiger partial charge in [0.1, 0.15) is 16.5 Å². The van der Waals surface area contributed by atoms with E-state index >= 15 is 0 Å². The van der Waals surface area contributed by atoms with Gasteiger partial charge < -0.3 is 19.5 Å². The molecular formula is C19H21ClN2O6S. The van der Waals surface area contributed by atoms with Crippen LogP contribution in [0.4, 0.5) is 15.5 Å². The molecule has 0 saturated heterocycles. The topological polar surface area (TPSA) is 103 Å². The lowest BCUT2D eigenvalue weighted by Crippen LogP contribution is -2.20. The molecule has 29 heavy (non-hydrogen) atoms. The number of nitrogens with one attached hydrogen (secondary N) is 2. The number of rotatable bonds is 8. The van der Waals surface area contributed by atoms with Crippen LogP contribution in [-0.2, 0) is 14.2 Å². The second-order valence-electron chi connectivity index (χ2n) is 5.70. The fourth-order valence-corrected chi connectivity index (χ4v) is 3.54. The molecule has 0 bridgehead atoms. The minimum Gasteiger partial charge on any atom is -0.462 e. The Morgan fingerprint density at radius 3 is 2.34 bits per heavy atom. The standard InChI is InChI=1S/C19H21ClN2O6S/c1-4-27-17(23)14-11(2)15(18(24)28-10-9-26-3)29-16(14)22-19(25)21-13-7-5-12(20)6-8-13/h5-8H,4,9-10H2,1-3H3,(H2,21,22,25). The molecule has 10 heteroatoms. The molecule has 2 aromatic rings. The number of methoxy groups -OCH3 is 1. The van der Waals surface area contributed by atoms with Gasteiger partial charge in [-0.3, -0.25) is 5.32 Å². The van der Waals surface area contributed by atoms with Crippen molar-refractivity contribution in [2.24, 2.45) is 0 Å². The number of carbonyl (C=O) groups is 3. The fraction of sp³-hybridized carbons (Fsp3) is 0.316. The van der Waals surface area contributed by atoms with E-state index in [0.29, 0.717) is 16.3 Å². The summed E-state index contributed by atoms with van der Waals surface area (Å²) in [5, 5.41) is 5.95. The molecule has 0 spiro atoms. The van der Waals surface area contributed by atoms with Crippen molar-refractivity contribution in [1.29, 1.82) is 0 Å². The Labute approximate surface area is 177 Å². The number of hydrogen-bond donors (Lipinski definition) is 2. The van der Waals surface area contributed by atoms with E-state index < -0.39 is 18.0 Å². The average Bonchev–Trinajstić information content (AvgIpc) is 3.00. The lowest BCUT2D eigenvalue weighted by atomic mass is 10.1. The minimum atomic E-state index is -0.640. The van der Waals surface area contributed by atoms with E-state index in [-0.39, 0.29) is 35.3 Å². The van der Waals surface area contributed by atoms with E-state index in [9.17, 15) is 14.4 Å². The molecule has 0 saturated carbocycles. The van der Waals surface area contributed by atoms with Crippen molar-refractivity contribution in [2.75, 3.05) is 37.6 Å². The molecule has 2 amide bonds. The number of esters is 2. The molecule has 0 atom stereocenters. The van der Waals surface area contributed by atoms with Gasteiger partial charge in [0, 0.05) is 17.8 Å². The third kappa shape index (κ3) is 6.18. The lowest BCUT2D eigenvalue weighted by molar-refractivity contribution is 0.0392. The smallest absolute Gasteiger partial charge is 0.348 e. The Bertz CT molecular complexity index is 882. The number of amides is 2. The Morgan fingerprint density at radius 2 is 1.72 bits per heavy atom. The van der Waals surface area contributed by atoms with Crippen LogP contribution in [0.2, 0.25) is 5.02 Å². The summed E-state index contributed by atoms with van der Waals surface area (Å²) in [6, 6.07) is 5.94. The van der Waals surface area contributed by atoms with Crippen LogP contribution in [0, 0.1) is 6.92 Å². The van der Waals surface area contributed by atoms with Gasteiger partial charge in [-0.05, 0) is 43.7 Å². The molecule has 0 aliphatic carbocycles. The van der Waals surface area contributed by atoms with Gasteiger partial charge in [-0.25, -0.2) is 14.4 Å². The van der Waals surface area contributed by atoms with Crippen molar-refractivity contribution >= 4 is 51.6 Å². The van der Waals surface area contributed by atoms with Crippen LogP contribution in [0.5, 0.6) is 0 Å². The van der Waals surface area contributed by atoms with Crippen LogP contribution in [0.15, 0.2) is 24.3 Å². The summed E-state index contributed by atoms with van der Waals surface area (Å²) in [6.07, 6.45) is 0. The third-order valence-electron chi connectivity index (χ3n) is 3.66. The van der Waals surface area contributed by atoms with Crippen molar-refractivity contribution in [2.45, 2.75) is 13.8 Å². The zero-order valence-corrected chi connectivity index (χ0v) is 17.7. The second-order valence-corrected chi connectivity index (χ2v) is 7.15. The summed E-state index contributed by atoms with van der Waals surface area (Å²) in [6.45, 7) is 3.73. The van der Waals surface area contributed by atoms with Crippen LogP contribution < -0.4 is 10.6 Å².